The van der Waals surface area contributed by atoms with Crippen molar-refractivity contribution in [2.75, 3.05) is 5.32 Å². The maximum Gasteiger partial charge on any atom is 0.337 e. The predicted molar refractivity (Wildman–Crippen MR) is 103 cm³/mol. The van der Waals surface area contributed by atoms with Gasteiger partial charge in [-0.1, -0.05) is 47.5 Å². The molecule has 9 heteroatoms. The van der Waals surface area contributed by atoms with Gasteiger partial charge in [-0.2, -0.15) is 0 Å². The molecule has 0 saturated carbocycles. The Kier molecular flexibility index (Phi) is 5.13. The van der Waals surface area contributed by atoms with Crippen molar-refractivity contribution >= 4 is 68.9 Å². The number of carbonyl (C=O) groups excluding carboxylic acids is 1. The highest BCUT2D eigenvalue weighted by Gasteiger charge is 2.19. The van der Waals surface area contributed by atoms with Crippen LogP contribution in [0.25, 0.3) is 10.8 Å². The largest absolute Gasteiger partial charge is 0.478 e. The van der Waals surface area contributed by atoms with Gasteiger partial charge in [-0.3, -0.25) is 10.1 Å². The summed E-state index contributed by atoms with van der Waals surface area (Å²) < 4.78 is 5.29. The third kappa shape index (κ3) is 3.65. The number of amides is 1. The van der Waals surface area contributed by atoms with Crippen molar-refractivity contribution in [2.45, 2.75) is 0 Å². The summed E-state index contributed by atoms with van der Waals surface area (Å²) in [6, 6.07) is 9.73. The van der Waals surface area contributed by atoms with Gasteiger partial charge in [0.15, 0.2) is 10.9 Å². The fraction of sp³-hybridized carbons (Fsp3) is 0. The Labute approximate surface area is 162 Å². The molecule has 0 bridgehead atoms. The molecule has 0 aliphatic heterocycles. The van der Waals surface area contributed by atoms with E-state index in [0.717, 1.165) is 5.39 Å². The third-order valence-electron chi connectivity index (χ3n) is 3.47. The highest BCUT2D eigenvalue weighted by Crippen LogP contribution is 2.30. The fourth-order valence-corrected chi connectivity index (χ4v) is 3.08. The molecule has 2 aromatic carbocycles. The lowest BCUT2D eigenvalue weighted by Crippen LogP contribution is -2.34. The van der Waals surface area contributed by atoms with E-state index in [1.807, 2.05) is 6.07 Å². The Morgan fingerprint density at radius 2 is 1.88 bits per heavy atom. The number of carboxylic acid groups (broad SMARTS) is 1. The number of halogens is 2. The number of nitrogens with one attached hydrogen (secondary N) is 2. The van der Waals surface area contributed by atoms with E-state index in [0.29, 0.717) is 5.39 Å². The van der Waals surface area contributed by atoms with Crippen LogP contribution in [0.4, 0.5) is 5.69 Å². The number of thiocarbonyl (C=S) groups is 1. The number of anilines is 1. The Morgan fingerprint density at radius 1 is 1.15 bits per heavy atom. The first kappa shape index (κ1) is 18.2. The van der Waals surface area contributed by atoms with Crippen LogP contribution in [0.5, 0.6) is 0 Å². The second-order valence-electron chi connectivity index (χ2n) is 5.18. The summed E-state index contributed by atoms with van der Waals surface area (Å²) in [5.41, 5.74) is -0.152. The minimum absolute atomic E-state index is 0.0261. The molecule has 0 aliphatic carbocycles. The predicted octanol–water partition coefficient (Wildman–Crippen LogP) is 4.56. The van der Waals surface area contributed by atoms with E-state index in [9.17, 15) is 14.7 Å². The van der Waals surface area contributed by atoms with E-state index in [1.165, 1.54) is 18.4 Å². The number of rotatable bonds is 3. The van der Waals surface area contributed by atoms with Gasteiger partial charge in [0.25, 0.3) is 5.91 Å². The summed E-state index contributed by atoms with van der Waals surface area (Å²) in [6.07, 6.45) is 1.46. The number of hydrogen-bond donors (Lipinski definition) is 3. The van der Waals surface area contributed by atoms with Crippen molar-refractivity contribution in [1.29, 1.82) is 0 Å². The maximum atomic E-state index is 12.4. The SMILES string of the molecule is O=C(O)c1cc(Cl)cc(Cl)c1NC(=S)NC(=O)c1occ2ccccc12. The molecule has 26 heavy (non-hydrogen) atoms. The number of carbonyl (C=O) groups is 2. The average Bonchev–Trinajstić information content (AvgIpc) is 3.01. The van der Waals surface area contributed by atoms with E-state index in [2.05, 4.69) is 10.6 Å². The van der Waals surface area contributed by atoms with Crippen LogP contribution in [-0.2, 0) is 0 Å². The van der Waals surface area contributed by atoms with Crippen LogP contribution in [-0.4, -0.2) is 22.1 Å². The van der Waals surface area contributed by atoms with Crippen LogP contribution in [0.3, 0.4) is 0 Å². The fourth-order valence-electron chi connectivity index (χ4n) is 2.34. The lowest BCUT2D eigenvalue weighted by molar-refractivity contribution is 0.0697. The van der Waals surface area contributed by atoms with Gasteiger partial charge in [0.05, 0.1) is 22.5 Å². The lowest BCUT2D eigenvalue weighted by atomic mass is 10.2. The zero-order chi connectivity index (χ0) is 18.8. The molecule has 3 aromatic rings. The molecule has 1 amide bonds. The summed E-state index contributed by atoms with van der Waals surface area (Å²) >= 11 is 16.9. The molecule has 0 aliphatic rings. The van der Waals surface area contributed by atoms with Gasteiger partial charge >= 0.3 is 5.97 Å². The van der Waals surface area contributed by atoms with E-state index >= 15 is 0 Å². The Morgan fingerprint density at radius 3 is 2.62 bits per heavy atom. The molecule has 3 N–H and O–H groups in total. The second kappa shape index (κ2) is 7.33. The summed E-state index contributed by atoms with van der Waals surface area (Å²) in [7, 11) is 0. The Balaban J connectivity index is 1.81. The molecular formula is C17H10Cl2N2O4S. The van der Waals surface area contributed by atoms with E-state index in [4.69, 9.17) is 39.8 Å². The molecule has 0 fully saturated rings. The molecule has 0 saturated heterocycles. The zero-order valence-electron chi connectivity index (χ0n) is 12.9. The van der Waals surface area contributed by atoms with E-state index < -0.39 is 11.9 Å². The van der Waals surface area contributed by atoms with Crippen molar-refractivity contribution < 1.29 is 19.1 Å². The number of fused-ring (bicyclic) bond motifs is 1. The normalized spacial score (nSPS) is 10.5. The van der Waals surface area contributed by atoms with Gasteiger partial charge in [-0.05, 0) is 24.4 Å². The first-order valence-corrected chi connectivity index (χ1v) is 8.34. The molecule has 6 nitrogen and oxygen atoms in total. The summed E-state index contributed by atoms with van der Waals surface area (Å²) in [6.45, 7) is 0. The molecule has 132 valence electrons. The highest BCUT2D eigenvalue weighted by atomic mass is 35.5. The van der Waals surface area contributed by atoms with E-state index in [-0.39, 0.29) is 32.2 Å². The van der Waals surface area contributed by atoms with Crippen molar-refractivity contribution in [3.05, 3.63) is 64.0 Å². The van der Waals surface area contributed by atoms with Crippen LogP contribution in [0.1, 0.15) is 20.9 Å². The van der Waals surface area contributed by atoms with Crippen molar-refractivity contribution in [2.24, 2.45) is 0 Å². The molecule has 0 radical (unpaired) electrons. The van der Waals surface area contributed by atoms with Gasteiger partial charge in [-0.25, -0.2) is 4.79 Å². The van der Waals surface area contributed by atoms with Gasteiger partial charge in [0, 0.05) is 15.8 Å². The summed E-state index contributed by atoms with van der Waals surface area (Å²) in [5.74, 6) is -1.74. The number of carboxylic acids is 1. The van der Waals surface area contributed by atoms with Crippen LogP contribution >= 0.6 is 35.4 Å². The number of hydrogen-bond acceptors (Lipinski definition) is 4. The number of furan rings is 1. The minimum Gasteiger partial charge on any atom is -0.478 e. The second-order valence-corrected chi connectivity index (χ2v) is 6.43. The Hall–Kier alpha value is -2.61. The molecule has 1 heterocycles. The topological polar surface area (TPSA) is 91.6 Å². The van der Waals surface area contributed by atoms with Crippen LogP contribution in [0.2, 0.25) is 10.0 Å². The first-order chi connectivity index (χ1) is 12.4. The van der Waals surface area contributed by atoms with Crippen molar-refractivity contribution in [3.8, 4) is 0 Å². The first-order valence-electron chi connectivity index (χ1n) is 7.17. The maximum absolute atomic E-state index is 12.4. The molecule has 3 rings (SSSR count). The third-order valence-corrected chi connectivity index (χ3v) is 4.19. The van der Waals surface area contributed by atoms with Gasteiger partial charge in [0.1, 0.15) is 0 Å². The van der Waals surface area contributed by atoms with E-state index in [1.54, 1.807) is 18.2 Å². The van der Waals surface area contributed by atoms with Crippen molar-refractivity contribution in [3.63, 3.8) is 0 Å². The van der Waals surface area contributed by atoms with Crippen LogP contribution < -0.4 is 10.6 Å². The van der Waals surface area contributed by atoms with Crippen LogP contribution in [0.15, 0.2) is 47.1 Å². The lowest BCUT2D eigenvalue weighted by Gasteiger charge is -2.13. The van der Waals surface area contributed by atoms with Gasteiger partial charge in [-0.15, -0.1) is 0 Å². The van der Waals surface area contributed by atoms with Gasteiger partial charge in [0.2, 0.25) is 0 Å². The van der Waals surface area contributed by atoms with Crippen molar-refractivity contribution in [1.82, 2.24) is 5.32 Å². The Bertz CT molecular complexity index is 1050. The molecule has 1 aromatic heterocycles. The molecule has 0 unspecified atom stereocenters. The van der Waals surface area contributed by atoms with Crippen LogP contribution in [0, 0.1) is 0 Å². The standard InChI is InChI=1S/C17H10Cl2N2O4S/c18-9-5-11(16(23)24)13(12(19)6-9)20-17(26)21-15(22)14-10-4-2-1-3-8(10)7-25-14/h1-7H,(H,23,24)(H2,20,21,22,26). The van der Waals surface area contributed by atoms with Gasteiger partial charge < -0.3 is 14.8 Å². The average molecular weight is 409 g/mol. The molecular weight excluding hydrogens is 399 g/mol. The monoisotopic (exact) mass is 408 g/mol. The quantitative estimate of drug-likeness (QED) is 0.550. The summed E-state index contributed by atoms with van der Waals surface area (Å²) in [4.78, 5) is 23.7. The molecule has 0 spiro atoms. The number of benzene rings is 2. The number of aromatic carboxylic acids is 1. The highest BCUT2D eigenvalue weighted by molar-refractivity contribution is 7.80. The zero-order valence-corrected chi connectivity index (χ0v) is 15.2. The summed E-state index contributed by atoms with van der Waals surface area (Å²) in [5, 5.41) is 15.8. The minimum atomic E-state index is -1.25. The molecule has 0 atom stereocenters. The smallest absolute Gasteiger partial charge is 0.337 e.